The SMILES string of the molecule is C.C.COC(OC)OC.Nc1cccc(Br)c1.O=C(NCc1cccnc1)c1ccc2c(c1)ncn2-c1cccc(Br)c1.O=C(NCc1cccnc1)c1ccc2c(c1)ncn2-c1cccc(NCc2ccc(Cl)cc2)c1.O=C(O)c1ccc(F)c([N+](=O)[O-])c1.O=C(O)c1ccc(Nc2cccc(Br)c2)c([N+](=O)[O-])c1.O=C(O)c1ccc2c(c1)ncn2-c1cccc(Br)c1. The number of nitro benzene ring substituents is 2. The first-order valence-electron chi connectivity index (χ1n) is 37.5. The van der Waals surface area contributed by atoms with E-state index in [4.69, 9.17) is 32.7 Å². The van der Waals surface area contributed by atoms with Gasteiger partial charge >= 0.3 is 23.6 Å². The maximum absolute atomic E-state index is 12.6. The number of carbonyl (C=O) groups is 5. The molecule has 16 aromatic rings. The summed E-state index contributed by atoms with van der Waals surface area (Å²) in [7, 11) is 4.53. The van der Waals surface area contributed by atoms with Crippen LogP contribution in [0, 0.1) is 26.0 Å². The number of imidazole rings is 3. The van der Waals surface area contributed by atoms with Crippen molar-refractivity contribution in [2.45, 2.75) is 41.0 Å². The number of carbonyl (C=O) groups excluding carboxylic acids is 2. The lowest BCUT2D eigenvalue weighted by Crippen LogP contribution is -2.22. The third-order valence-corrected chi connectivity index (χ3v) is 20.1. The molecule has 5 heterocycles. The van der Waals surface area contributed by atoms with Crippen LogP contribution in [0.5, 0.6) is 0 Å². The summed E-state index contributed by atoms with van der Waals surface area (Å²) in [5.41, 5.74) is 18.9. The van der Waals surface area contributed by atoms with Gasteiger partial charge in [0.1, 0.15) is 24.7 Å². The van der Waals surface area contributed by atoms with Gasteiger partial charge in [0.2, 0.25) is 5.82 Å². The zero-order valence-corrected chi connectivity index (χ0v) is 74.2. The van der Waals surface area contributed by atoms with Crippen LogP contribution in [0.4, 0.5) is 38.5 Å². The highest BCUT2D eigenvalue weighted by Crippen LogP contribution is 2.32. The van der Waals surface area contributed by atoms with E-state index in [0.717, 1.165) is 114 Å². The molecule has 0 radical (unpaired) electrons. The normalized spacial score (nSPS) is 10.3. The number of amides is 2. The largest absolute Gasteiger partial charge is 0.478 e. The molecule has 11 aromatic carbocycles. The van der Waals surface area contributed by atoms with Gasteiger partial charge in [-0.05, 0) is 211 Å². The van der Waals surface area contributed by atoms with E-state index in [-0.39, 0.29) is 54.7 Å². The highest BCUT2D eigenvalue weighted by atomic mass is 79.9. The second kappa shape index (κ2) is 49.6. The van der Waals surface area contributed by atoms with Crippen LogP contribution >= 0.6 is 75.3 Å². The Bertz CT molecular complexity index is 6520. The van der Waals surface area contributed by atoms with Crippen LogP contribution in [0.25, 0.3) is 50.2 Å². The van der Waals surface area contributed by atoms with E-state index in [2.05, 4.69) is 130 Å². The lowest BCUT2D eigenvalue weighted by molar-refractivity contribution is -0.387. The summed E-state index contributed by atoms with van der Waals surface area (Å²) in [4.78, 5) is 98.1. The van der Waals surface area contributed by atoms with E-state index in [1.165, 1.54) is 33.5 Å². The number of hydrogen-bond donors (Lipinski definition) is 8. The number of benzene rings is 11. The van der Waals surface area contributed by atoms with Crippen molar-refractivity contribution in [3.63, 3.8) is 0 Å². The molecule has 36 heteroatoms. The number of ether oxygens (including phenoxy) is 3. The van der Waals surface area contributed by atoms with Gasteiger partial charge in [0.15, 0.2) is 0 Å². The minimum atomic E-state index is -1.33. The monoisotopic (exact) mass is 2020 g/mol. The highest BCUT2D eigenvalue weighted by Gasteiger charge is 2.20. The fourth-order valence-corrected chi connectivity index (χ4v) is 13.4. The number of anilines is 4. The van der Waals surface area contributed by atoms with E-state index in [1.54, 1.807) is 80.2 Å². The standard InChI is InChI=1S/C27H22ClN5O.C20H15BrN4O.C14H9BrN2O2.C13H9BrN2O4.C7H4FNO4.C6H6BrN.C4H10O3.2CH4/c28-22-9-6-19(7-10-22)16-30-23-4-1-5-24(14-23)33-18-32-25-13-21(8-11-26(25)33)27(34)31-17-20-3-2-12-29-15-20;21-16-4-1-5-17(10-16)25-13-24-18-9-15(6-7-19(18)25)20(26)23-12-14-3-2-8-22-11-14;15-10-2-1-3-11(7-10)17-8-16-12-6-9(14(18)19)4-5-13(12)17;14-9-2-1-3-10(7-9)15-11-5-4-8(13(17)18)6-12(11)16(19)20;8-5-2-1-4(7(10)11)3-6(5)9(12)13;7-5-2-1-3-6(8)4-5;1-5-4(6-2)7-3;;/h1-15,18,30H,16-17H2,(H,31,34);1-11,13H,12H2,(H,23,26);1-8H,(H,18,19);1-7,15H,(H,17,18);1-3H,(H,10,11);1-4H,8H2;4H,1-3H3;2*1H4. The van der Waals surface area contributed by atoms with Gasteiger partial charge < -0.3 is 56.5 Å². The minimum Gasteiger partial charge on any atom is -0.478 e. The molecular weight excluding hydrogens is 1940 g/mol. The summed E-state index contributed by atoms with van der Waals surface area (Å²) in [5, 5.41) is 60.4. The second-order valence-corrected chi connectivity index (χ2v) is 30.6. The molecule has 9 N–H and O–H groups in total. The summed E-state index contributed by atoms with van der Waals surface area (Å²) in [6.07, 6.45) is 12.1. The zero-order valence-electron chi connectivity index (χ0n) is 67.1. The Morgan fingerprint density at radius 3 is 1.26 bits per heavy atom. The molecule has 5 aromatic heterocycles. The van der Waals surface area contributed by atoms with Gasteiger partial charge in [0.25, 0.3) is 24.0 Å². The van der Waals surface area contributed by atoms with E-state index < -0.39 is 45.7 Å². The number of pyridine rings is 2. The first-order chi connectivity index (χ1) is 61.1. The first-order valence-corrected chi connectivity index (χ1v) is 41.1. The lowest BCUT2D eigenvalue weighted by Gasteiger charge is -2.10. The van der Waals surface area contributed by atoms with Crippen molar-refractivity contribution in [3.05, 3.63) is 398 Å². The van der Waals surface area contributed by atoms with Crippen molar-refractivity contribution in [1.29, 1.82) is 0 Å². The van der Waals surface area contributed by atoms with Crippen molar-refractivity contribution in [2.24, 2.45) is 0 Å². The molecule has 0 aliphatic heterocycles. The maximum atomic E-state index is 12.6. The number of fused-ring (bicyclic) bond motifs is 3. The van der Waals surface area contributed by atoms with Crippen LogP contribution < -0.4 is 27.0 Å². The molecule has 0 spiro atoms. The summed E-state index contributed by atoms with van der Waals surface area (Å²) in [5.74, 6) is -4.81. The van der Waals surface area contributed by atoms with Crippen molar-refractivity contribution >= 4 is 172 Å². The molecule has 0 aliphatic carbocycles. The van der Waals surface area contributed by atoms with E-state index >= 15 is 0 Å². The summed E-state index contributed by atoms with van der Waals surface area (Å²) >= 11 is 19.5. The van der Waals surface area contributed by atoms with Gasteiger partial charge in [0.05, 0.1) is 59.6 Å². The molecule has 0 unspecified atom stereocenters. The Labute approximate surface area is 777 Å². The van der Waals surface area contributed by atoms with Crippen molar-refractivity contribution in [3.8, 4) is 17.1 Å². The van der Waals surface area contributed by atoms with Crippen molar-refractivity contribution in [1.82, 2.24) is 49.3 Å². The number of nitrogens with two attached hydrogens (primary N) is 1. The van der Waals surface area contributed by atoms with Crippen LogP contribution in [-0.4, -0.2) is 121 Å². The number of nitrogen functional groups attached to an aromatic ring is 1. The van der Waals surface area contributed by atoms with E-state index in [1.807, 2.05) is 196 Å². The molecular formula is C93H83Br4ClFN15O15. The first kappa shape index (κ1) is 100. The van der Waals surface area contributed by atoms with Gasteiger partial charge in [-0.3, -0.25) is 53.5 Å². The van der Waals surface area contributed by atoms with Gasteiger partial charge in [0, 0.05) is 146 Å². The Morgan fingerprint density at radius 1 is 0.450 bits per heavy atom. The number of rotatable bonds is 22. The molecule has 16 rings (SSSR count). The number of carboxylic acids is 3. The minimum absolute atomic E-state index is 0. The summed E-state index contributed by atoms with van der Waals surface area (Å²) in [6.45, 7) is 1.05. The third-order valence-electron chi connectivity index (χ3n) is 17.8. The molecule has 129 heavy (non-hydrogen) atoms. The maximum Gasteiger partial charge on any atom is 0.335 e. The Kier molecular flexibility index (Phi) is 38.5. The Hall–Kier alpha value is -14.3. The van der Waals surface area contributed by atoms with Gasteiger partial charge in [-0.1, -0.05) is 145 Å². The number of halogens is 6. The number of nitrogens with one attached hydrogen (secondary N) is 4. The number of aromatic carboxylic acids is 3. The number of nitrogens with zero attached hydrogens (tertiary/aromatic N) is 10. The van der Waals surface area contributed by atoms with Crippen LogP contribution in [0.1, 0.15) is 83.3 Å². The lowest BCUT2D eigenvalue weighted by atomic mass is 10.1. The van der Waals surface area contributed by atoms with E-state index in [0.29, 0.717) is 48.0 Å². The molecule has 30 nitrogen and oxygen atoms in total. The summed E-state index contributed by atoms with van der Waals surface area (Å²) < 4.78 is 36.2. The predicted octanol–water partition coefficient (Wildman–Crippen LogP) is 22.0. The van der Waals surface area contributed by atoms with Crippen molar-refractivity contribution < 1.29 is 67.7 Å². The van der Waals surface area contributed by atoms with Crippen LogP contribution in [0.2, 0.25) is 5.02 Å². The number of hydrogen-bond acceptors (Lipinski definition) is 20. The fraction of sp³-hybridized carbons (Fsp3) is 0.0968. The third kappa shape index (κ3) is 29.7. The fourth-order valence-electron chi connectivity index (χ4n) is 11.7. The topological polar surface area (TPSA) is 413 Å². The zero-order chi connectivity index (χ0) is 91.1. The molecule has 662 valence electrons. The molecule has 0 fully saturated rings. The van der Waals surface area contributed by atoms with Gasteiger partial charge in [-0.15, -0.1) is 0 Å². The number of aromatic nitrogens is 8. The average Bonchev–Trinajstić information content (AvgIpc) is 1.66. The Morgan fingerprint density at radius 2 is 0.845 bits per heavy atom. The number of methoxy groups -OCH3 is 3. The smallest absolute Gasteiger partial charge is 0.335 e. The molecule has 0 atom stereocenters. The van der Waals surface area contributed by atoms with Crippen LogP contribution in [0.3, 0.4) is 0 Å². The molecule has 0 bridgehead atoms. The van der Waals surface area contributed by atoms with Crippen LogP contribution in [-0.2, 0) is 33.8 Å². The molecule has 0 aliphatic rings. The Balaban J connectivity index is 0.000000195. The van der Waals surface area contributed by atoms with Crippen molar-refractivity contribution in [2.75, 3.05) is 37.7 Å². The molecule has 0 saturated carbocycles. The molecule has 0 saturated heterocycles. The average molecular weight is 2020 g/mol. The quantitative estimate of drug-likeness (QED) is 0.0135. The highest BCUT2D eigenvalue weighted by molar-refractivity contribution is 9.11. The van der Waals surface area contributed by atoms with Gasteiger partial charge in [-0.2, -0.15) is 4.39 Å². The number of carboxylic acid groups (broad SMARTS) is 3. The number of nitro groups is 2. The van der Waals surface area contributed by atoms with Crippen LogP contribution in [0.15, 0.2) is 323 Å². The summed E-state index contributed by atoms with van der Waals surface area (Å²) in [6, 6.07) is 76.1. The molecule has 2 amide bonds. The van der Waals surface area contributed by atoms with E-state index in [9.17, 15) is 48.6 Å². The second-order valence-electron chi connectivity index (χ2n) is 26.5. The predicted molar refractivity (Wildman–Crippen MR) is 509 cm³/mol. The van der Waals surface area contributed by atoms with Gasteiger partial charge in [-0.25, -0.2) is 29.3 Å².